The van der Waals surface area contributed by atoms with Gasteiger partial charge in [-0.05, 0) is 49.0 Å². The van der Waals surface area contributed by atoms with Crippen LogP contribution in [0.25, 0.3) is 0 Å². The lowest BCUT2D eigenvalue weighted by Crippen LogP contribution is -2.32. The van der Waals surface area contributed by atoms with E-state index in [0.29, 0.717) is 16.4 Å². The van der Waals surface area contributed by atoms with E-state index in [2.05, 4.69) is 0 Å². The van der Waals surface area contributed by atoms with Crippen molar-refractivity contribution in [3.8, 4) is 0 Å². The highest BCUT2D eigenvalue weighted by molar-refractivity contribution is 7.10. The molecular weight excluding hydrogens is 224 g/mol. The number of aromatic carboxylic acids is 1. The van der Waals surface area contributed by atoms with E-state index >= 15 is 0 Å². The van der Waals surface area contributed by atoms with E-state index in [4.69, 9.17) is 5.11 Å². The van der Waals surface area contributed by atoms with Crippen LogP contribution >= 0.6 is 11.3 Å². The summed E-state index contributed by atoms with van der Waals surface area (Å²) >= 11 is 1.38. The zero-order valence-corrected chi connectivity index (χ0v) is 9.67. The predicted molar refractivity (Wildman–Crippen MR) is 60.6 cm³/mol. The molecule has 3 nitrogen and oxygen atoms in total. The van der Waals surface area contributed by atoms with E-state index in [1.807, 2.05) is 0 Å². The van der Waals surface area contributed by atoms with Crippen LogP contribution in [0.4, 0.5) is 0 Å². The Labute approximate surface area is 97.7 Å². The average Bonchev–Trinajstić information content (AvgIpc) is 2.91. The maximum atomic E-state index is 11.1. The third kappa shape index (κ3) is 1.26. The fraction of sp³-hybridized carbons (Fsp3) is 0.583. The molecule has 2 aliphatic carbocycles. The molecule has 86 valence electrons. The van der Waals surface area contributed by atoms with Crippen LogP contribution in [0.5, 0.6) is 0 Å². The quantitative estimate of drug-likeness (QED) is 0.832. The van der Waals surface area contributed by atoms with E-state index < -0.39 is 11.6 Å². The number of rotatable bonds is 2. The summed E-state index contributed by atoms with van der Waals surface area (Å²) in [6.45, 7) is 0. The standard InChI is InChI=1S/C12H14O3S/c13-11(14)9-3-4-16-10(9)12(15)6-7-1-2-8(12)5-7/h3-4,7-8,15H,1-2,5-6H2,(H,13,14). The Balaban J connectivity index is 2.03. The summed E-state index contributed by atoms with van der Waals surface area (Å²) in [5.41, 5.74) is -0.565. The van der Waals surface area contributed by atoms with Gasteiger partial charge in [0.15, 0.2) is 0 Å². The van der Waals surface area contributed by atoms with Crippen molar-refractivity contribution < 1.29 is 15.0 Å². The summed E-state index contributed by atoms with van der Waals surface area (Å²) < 4.78 is 0. The number of thiophene rings is 1. The van der Waals surface area contributed by atoms with Crippen LogP contribution in [-0.2, 0) is 5.60 Å². The Morgan fingerprint density at radius 3 is 2.88 bits per heavy atom. The molecule has 1 heterocycles. The minimum atomic E-state index is -0.924. The highest BCUT2D eigenvalue weighted by atomic mass is 32.1. The zero-order chi connectivity index (χ0) is 11.3. The highest BCUT2D eigenvalue weighted by Gasteiger charge is 2.52. The predicted octanol–water partition coefficient (Wildman–Crippen LogP) is 2.45. The fourth-order valence-electron chi connectivity index (χ4n) is 3.39. The van der Waals surface area contributed by atoms with Crippen LogP contribution in [0.3, 0.4) is 0 Å². The number of hydrogen-bond acceptors (Lipinski definition) is 3. The van der Waals surface area contributed by atoms with Gasteiger partial charge in [-0.2, -0.15) is 0 Å². The summed E-state index contributed by atoms with van der Waals surface area (Å²) in [4.78, 5) is 11.8. The molecule has 16 heavy (non-hydrogen) atoms. The minimum Gasteiger partial charge on any atom is -0.478 e. The number of carboxylic acids is 1. The van der Waals surface area contributed by atoms with E-state index in [1.165, 1.54) is 17.8 Å². The summed E-state index contributed by atoms with van der Waals surface area (Å²) in [6.07, 6.45) is 4.05. The molecule has 0 aromatic carbocycles. The van der Waals surface area contributed by atoms with Gasteiger partial charge in [-0.25, -0.2) is 4.79 Å². The second-order valence-corrected chi connectivity index (χ2v) is 5.89. The SMILES string of the molecule is O=C(O)c1ccsc1C1(O)CC2CCC1C2. The van der Waals surface area contributed by atoms with E-state index in [1.54, 1.807) is 11.4 Å². The number of carboxylic acid groups (broad SMARTS) is 1. The Bertz CT molecular complexity index is 439. The van der Waals surface area contributed by atoms with Gasteiger partial charge in [-0.1, -0.05) is 0 Å². The van der Waals surface area contributed by atoms with Crippen molar-refractivity contribution in [2.24, 2.45) is 11.8 Å². The van der Waals surface area contributed by atoms with Crippen LogP contribution in [-0.4, -0.2) is 16.2 Å². The van der Waals surface area contributed by atoms with Gasteiger partial charge in [0.2, 0.25) is 0 Å². The minimum absolute atomic E-state index is 0.272. The first kappa shape index (κ1) is 10.3. The number of hydrogen-bond donors (Lipinski definition) is 2. The van der Waals surface area contributed by atoms with Gasteiger partial charge in [0.05, 0.1) is 10.4 Å². The van der Waals surface area contributed by atoms with Gasteiger partial charge in [-0.3, -0.25) is 0 Å². The lowest BCUT2D eigenvalue weighted by molar-refractivity contribution is -0.0158. The lowest BCUT2D eigenvalue weighted by Gasteiger charge is -2.32. The molecule has 0 saturated heterocycles. The number of carbonyl (C=O) groups is 1. The van der Waals surface area contributed by atoms with Gasteiger partial charge >= 0.3 is 5.97 Å². The first-order chi connectivity index (χ1) is 7.61. The average molecular weight is 238 g/mol. The maximum absolute atomic E-state index is 11.1. The molecule has 0 radical (unpaired) electrons. The third-order valence-electron chi connectivity index (χ3n) is 4.11. The summed E-state index contributed by atoms with van der Waals surface area (Å²) in [5.74, 6) is -0.0551. The fourth-order valence-corrected chi connectivity index (χ4v) is 4.47. The Morgan fingerprint density at radius 1 is 1.50 bits per heavy atom. The molecule has 0 amide bonds. The molecule has 1 aromatic rings. The summed E-state index contributed by atoms with van der Waals surface area (Å²) in [5, 5.41) is 21.6. The van der Waals surface area contributed by atoms with Crippen molar-refractivity contribution in [2.45, 2.75) is 31.3 Å². The molecule has 2 saturated carbocycles. The molecule has 2 aliphatic rings. The van der Waals surface area contributed by atoms with Gasteiger partial charge in [0.1, 0.15) is 5.60 Å². The molecular formula is C12H14O3S. The van der Waals surface area contributed by atoms with Crippen LogP contribution in [0.15, 0.2) is 11.4 Å². The topological polar surface area (TPSA) is 57.5 Å². The van der Waals surface area contributed by atoms with Crippen LogP contribution < -0.4 is 0 Å². The van der Waals surface area contributed by atoms with Crippen molar-refractivity contribution in [2.75, 3.05) is 0 Å². The van der Waals surface area contributed by atoms with Crippen LogP contribution in [0.1, 0.15) is 40.9 Å². The van der Waals surface area contributed by atoms with Gasteiger partial charge in [0, 0.05) is 0 Å². The molecule has 0 spiro atoms. The molecule has 1 aromatic heterocycles. The molecule has 2 bridgehead atoms. The van der Waals surface area contributed by atoms with E-state index in [0.717, 1.165) is 19.3 Å². The van der Waals surface area contributed by atoms with Gasteiger partial charge < -0.3 is 10.2 Å². The molecule has 3 atom stereocenters. The Hall–Kier alpha value is -0.870. The zero-order valence-electron chi connectivity index (χ0n) is 8.85. The number of fused-ring (bicyclic) bond motifs is 2. The molecule has 3 unspecified atom stereocenters. The van der Waals surface area contributed by atoms with E-state index in [-0.39, 0.29) is 5.92 Å². The first-order valence-corrected chi connectivity index (χ1v) is 6.53. The third-order valence-corrected chi connectivity index (χ3v) is 5.19. The van der Waals surface area contributed by atoms with Crippen molar-refractivity contribution in [1.29, 1.82) is 0 Å². The van der Waals surface area contributed by atoms with Gasteiger partial charge in [-0.15, -0.1) is 11.3 Å². The Kier molecular flexibility index (Phi) is 2.13. The first-order valence-electron chi connectivity index (χ1n) is 5.65. The molecule has 2 N–H and O–H groups in total. The number of aliphatic hydroxyl groups is 1. The largest absolute Gasteiger partial charge is 0.478 e. The molecule has 0 aliphatic heterocycles. The van der Waals surface area contributed by atoms with Gasteiger partial charge in [0.25, 0.3) is 0 Å². The molecule has 3 rings (SSSR count). The smallest absolute Gasteiger partial charge is 0.336 e. The van der Waals surface area contributed by atoms with Crippen LogP contribution in [0, 0.1) is 11.8 Å². The molecule has 2 fully saturated rings. The van der Waals surface area contributed by atoms with Crippen molar-refractivity contribution in [3.05, 3.63) is 21.9 Å². The lowest BCUT2D eigenvalue weighted by atomic mass is 9.82. The van der Waals surface area contributed by atoms with Crippen LogP contribution in [0.2, 0.25) is 0 Å². The second kappa shape index (κ2) is 3.31. The normalized spacial score (nSPS) is 36.8. The Morgan fingerprint density at radius 2 is 2.31 bits per heavy atom. The van der Waals surface area contributed by atoms with Crippen molar-refractivity contribution >= 4 is 17.3 Å². The summed E-state index contributed by atoms with van der Waals surface area (Å²) in [7, 11) is 0. The maximum Gasteiger partial charge on any atom is 0.336 e. The monoisotopic (exact) mass is 238 g/mol. The van der Waals surface area contributed by atoms with Crippen molar-refractivity contribution in [1.82, 2.24) is 0 Å². The van der Waals surface area contributed by atoms with Crippen molar-refractivity contribution in [3.63, 3.8) is 0 Å². The molecule has 4 heteroatoms. The second-order valence-electron chi connectivity index (χ2n) is 4.97. The highest BCUT2D eigenvalue weighted by Crippen LogP contribution is 2.56. The van der Waals surface area contributed by atoms with E-state index in [9.17, 15) is 9.90 Å². The summed E-state index contributed by atoms with van der Waals surface area (Å²) in [6, 6.07) is 1.60.